The largest absolute Gasteiger partial charge is 0.481 e. The molecule has 27 heavy (non-hydrogen) atoms. The molecule has 6 heteroatoms. The first kappa shape index (κ1) is 19.4. The van der Waals surface area contributed by atoms with Crippen LogP contribution in [0.4, 0.5) is 0 Å². The van der Waals surface area contributed by atoms with E-state index in [9.17, 15) is 9.90 Å². The fraction of sp³-hybridized carbons (Fsp3) is 0.381. The van der Waals surface area contributed by atoms with Crippen molar-refractivity contribution in [3.05, 3.63) is 58.1 Å². The Bertz CT molecular complexity index is 1020. The van der Waals surface area contributed by atoms with E-state index >= 15 is 0 Å². The molecular weight excluding hydrogens is 362 g/mol. The highest BCUT2D eigenvalue weighted by molar-refractivity contribution is 6.17. The van der Waals surface area contributed by atoms with E-state index in [1.54, 1.807) is 18.5 Å². The van der Waals surface area contributed by atoms with Crippen LogP contribution < -0.4 is 0 Å². The van der Waals surface area contributed by atoms with Gasteiger partial charge in [0.25, 0.3) is 0 Å². The molecular formula is C21H24ClN3O2. The van der Waals surface area contributed by atoms with Gasteiger partial charge < -0.3 is 5.11 Å². The molecule has 1 heterocycles. The maximum atomic E-state index is 12.2. The van der Waals surface area contributed by atoms with E-state index in [1.165, 1.54) is 0 Å². The normalized spacial score (nSPS) is 13.1. The summed E-state index contributed by atoms with van der Waals surface area (Å²) in [6.07, 6.45) is 0. The van der Waals surface area contributed by atoms with Gasteiger partial charge in [0.2, 0.25) is 0 Å². The molecule has 142 valence electrons. The number of alkyl halides is 1. The van der Waals surface area contributed by atoms with Gasteiger partial charge >= 0.3 is 5.97 Å². The zero-order valence-corrected chi connectivity index (χ0v) is 17.0. The van der Waals surface area contributed by atoms with Gasteiger partial charge in [-0.1, -0.05) is 29.5 Å². The number of carboxylic acid groups (broad SMARTS) is 1. The number of benzene rings is 2. The van der Waals surface area contributed by atoms with Gasteiger partial charge in [0.05, 0.1) is 10.9 Å². The van der Waals surface area contributed by atoms with Gasteiger partial charge in [0.15, 0.2) is 0 Å². The Labute approximate surface area is 164 Å². The molecule has 0 aliphatic carbocycles. The van der Waals surface area contributed by atoms with Crippen molar-refractivity contribution in [1.82, 2.24) is 15.0 Å². The van der Waals surface area contributed by atoms with Gasteiger partial charge in [-0.25, -0.2) is 4.68 Å². The van der Waals surface area contributed by atoms with Gasteiger partial charge in [0, 0.05) is 18.8 Å². The third kappa shape index (κ3) is 3.21. The van der Waals surface area contributed by atoms with Crippen LogP contribution in [0.3, 0.4) is 0 Å². The van der Waals surface area contributed by atoms with Gasteiger partial charge in [-0.2, -0.15) is 0 Å². The van der Waals surface area contributed by atoms with E-state index in [0.29, 0.717) is 5.88 Å². The highest BCUT2D eigenvalue weighted by Crippen LogP contribution is 2.44. The number of aliphatic carboxylic acids is 1. The summed E-state index contributed by atoms with van der Waals surface area (Å²) in [5.41, 5.74) is 5.65. The highest BCUT2D eigenvalue weighted by atomic mass is 35.5. The van der Waals surface area contributed by atoms with E-state index in [2.05, 4.69) is 10.3 Å². The number of fused-ring (bicyclic) bond motifs is 1. The van der Waals surface area contributed by atoms with E-state index in [1.807, 2.05) is 51.2 Å². The first-order valence-electron chi connectivity index (χ1n) is 8.86. The second-order valence-corrected chi connectivity index (χ2v) is 7.91. The lowest BCUT2D eigenvalue weighted by Crippen LogP contribution is -2.32. The first-order valence-corrected chi connectivity index (χ1v) is 9.39. The van der Waals surface area contributed by atoms with Crippen molar-refractivity contribution < 1.29 is 9.90 Å². The number of halogens is 1. The topological polar surface area (TPSA) is 68.0 Å². The van der Waals surface area contributed by atoms with Crippen LogP contribution in [0.5, 0.6) is 0 Å². The lowest BCUT2D eigenvalue weighted by atomic mass is 9.70. The van der Waals surface area contributed by atoms with Crippen molar-refractivity contribution >= 4 is 28.6 Å². The molecule has 0 saturated heterocycles. The number of carboxylic acids is 1. The molecule has 0 amide bonds. The van der Waals surface area contributed by atoms with Crippen molar-refractivity contribution in [2.24, 2.45) is 12.5 Å². The molecule has 0 aliphatic heterocycles. The Morgan fingerprint density at radius 2 is 1.96 bits per heavy atom. The molecule has 3 aromatic rings. The third-order valence-electron chi connectivity index (χ3n) is 5.51. The van der Waals surface area contributed by atoms with Crippen LogP contribution in [0.25, 0.3) is 11.0 Å². The van der Waals surface area contributed by atoms with Crippen LogP contribution in [-0.2, 0) is 17.7 Å². The molecule has 1 N–H and O–H groups in total. The molecule has 0 bridgehead atoms. The molecule has 1 aromatic heterocycles. The zero-order chi connectivity index (χ0) is 19.9. The van der Waals surface area contributed by atoms with Crippen LogP contribution in [0.15, 0.2) is 30.3 Å². The third-order valence-corrected chi connectivity index (χ3v) is 5.80. The summed E-state index contributed by atoms with van der Waals surface area (Å²) in [6.45, 7) is 7.52. The molecule has 1 unspecified atom stereocenters. The zero-order valence-electron chi connectivity index (χ0n) is 16.2. The van der Waals surface area contributed by atoms with E-state index in [4.69, 9.17) is 11.6 Å². The summed E-state index contributed by atoms with van der Waals surface area (Å²) in [4.78, 5) is 12.2. The Morgan fingerprint density at radius 3 is 2.59 bits per heavy atom. The predicted molar refractivity (Wildman–Crippen MR) is 107 cm³/mol. The molecule has 5 nitrogen and oxygen atoms in total. The lowest BCUT2D eigenvalue weighted by Gasteiger charge is -2.33. The fourth-order valence-corrected chi connectivity index (χ4v) is 3.97. The Balaban J connectivity index is 2.29. The van der Waals surface area contributed by atoms with Gasteiger partial charge in [-0.15, -0.1) is 16.7 Å². The van der Waals surface area contributed by atoms with Crippen LogP contribution in [0.2, 0.25) is 0 Å². The number of carbonyl (C=O) groups is 1. The summed E-state index contributed by atoms with van der Waals surface area (Å²) in [5.74, 6) is -0.801. The second kappa shape index (κ2) is 6.97. The number of rotatable bonds is 5. The van der Waals surface area contributed by atoms with Crippen molar-refractivity contribution in [2.45, 2.75) is 39.5 Å². The van der Waals surface area contributed by atoms with Crippen molar-refractivity contribution in [3.63, 3.8) is 0 Å². The quantitative estimate of drug-likeness (QED) is 0.653. The first-order chi connectivity index (χ1) is 12.7. The number of aryl methyl sites for hydroxylation is 3. The smallest absolute Gasteiger partial charge is 0.310 e. The number of nitrogens with zero attached hydrogens (tertiary/aromatic N) is 3. The Kier molecular flexibility index (Phi) is 5.00. The number of aromatic nitrogens is 3. The van der Waals surface area contributed by atoms with E-state index < -0.39 is 11.4 Å². The molecule has 1 atom stereocenters. The highest BCUT2D eigenvalue weighted by Gasteiger charge is 2.40. The summed E-state index contributed by atoms with van der Waals surface area (Å²) in [7, 11) is 1.85. The fourth-order valence-electron chi connectivity index (χ4n) is 3.68. The van der Waals surface area contributed by atoms with Gasteiger partial charge in [-0.05, 0) is 61.6 Å². The van der Waals surface area contributed by atoms with Crippen LogP contribution in [-0.4, -0.2) is 26.1 Å². The molecule has 2 aromatic carbocycles. The second-order valence-electron chi connectivity index (χ2n) is 7.64. The minimum Gasteiger partial charge on any atom is -0.481 e. The van der Waals surface area contributed by atoms with E-state index in [-0.39, 0.29) is 5.92 Å². The Hall–Kier alpha value is -2.40. The monoisotopic (exact) mass is 385 g/mol. The van der Waals surface area contributed by atoms with Gasteiger partial charge in [0.1, 0.15) is 5.52 Å². The maximum absolute atomic E-state index is 12.2. The molecule has 0 fully saturated rings. The average molecular weight is 386 g/mol. The molecule has 0 radical (unpaired) electrons. The van der Waals surface area contributed by atoms with Crippen molar-refractivity contribution in [3.8, 4) is 0 Å². The summed E-state index contributed by atoms with van der Waals surface area (Å²) >= 11 is 6.11. The van der Waals surface area contributed by atoms with Crippen LogP contribution >= 0.6 is 11.6 Å². The standard InChI is InChI=1S/C21H24ClN3O2/c1-12-6-7-14(10-15(12)11-22)18(21(3,4)20(26)27)16-8-9-17-19(13(16)2)23-24-25(17)5/h6-10,18H,11H2,1-5H3,(H,26,27). The molecule has 0 saturated carbocycles. The Morgan fingerprint density at radius 1 is 1.26 bits per heavy atom. The predicted octanol–water partition coefficient (Wildman–Crippen LogP) is 4.57. The molecule has 0 aliphatic rings. The van der Waals surface area contributed by atoms with E-state index in [0.717, 1.165) is 38.9 Å². The minimum atomic E-state index is -1.01. The molecule has 0 spiro atoms. The lowest BCUT2D eigenvalue weighted by molar-refractivity contribution is -0.147. The molecule has 3 rings (SSSR count). The number of hydrogen-bond acceptors (Lipinski definition) is 3. The van der Waals surface area contributed by atoms with Crippen LogP contribution in [0.1, 0.15) is 47.6 Å². The SMILES string of the molecule is Cc1ccc(C(c2ccc3c(nnn3C)c2C)C(C)(C)C(=O)O)cc1CCl. The average Bonchev–Trinajstić information content (AvgIpc) is 3.00. The van der Waals surface area contributed by atoms with Crippen molar-refractivity contribution in [2.75, 3.05) is 0 Å². The summed E-state index contributed by atoms with van der Waals surface area (Å²) in [5, 5.41) is 18.3. The maximum Gasteiger partial charge on any atom is 0.310 e. The minimum absolute atomic E-state index is 0.344. The summed E-state index contributed by atoms with van der Waals surface area (Å²) < 4.78 is 1.72. The number of hydrogen-bond donors (Lipinski definition) is 1. The summed E-state index contributed by atoms with van der Waals surface area (Å²) in [6, 6.07) is 9.99. The van der Waals surface area contributed by atoms with Crippen molar-refractivity contribution in [1.29, 1.82) is 0 Å². The van der Waals surface area contributed by atoms with Crippen LogP contribution in [0, 0.1) is 19.3 Å². The van der Waals surface area contributed by atoms with Gasteiger partial charge in [-0.3, -0.25) is 4.79 Å².